The minimum atomic E-state index is -3.83. The van der Waals surface area contributed by atoms with Gasteiger partial charge < -0.3 is 9.47 Å². The third-order valence-electron chi connectivity index (χ3n) is 4.30. The summed E-state index contributed by atoms with van der Waals surface area (Å²) < 4.78 is 36.3. The van der Waals surface area contributed by atoms with Crippen LogP contribution in [-0.4, -0.2) is 44.2 Å². The van der Waals surface area contributed by atoms with Gasteiger partial charge in [0.1, 0.15) is 17.8 Å². The van der Waals surface area contributed by atoms with Gasteiger partial charge in [-0.2, -0.15) is 0 Å². The van der Waals surface area contributed by atoms with Crippen molar-refractivity contribution >= 4 is 27.7 Å². The van der Waals surface area contributed by atoms with Gasteiger partial charge in [0.05, 0.1) is 28.7 Å². The van der Waals surface area contributed by atoms with Crippen molar-refractivity contribution in [3.63, 3.8) is 0 Å². The second-order valence-electron chi connectivity index (χ2n) is 6.69. The molecule has 34 heavy (non-hydrogen) atoms. The number of non-ortho nitro benzene ring substituents is 1. The van der Waals surface area contributed by atoms with Crippen LogP contribution >= 0.6 is 0 Å². The topological polar surface area (TPSA) is 111 Å². The Morgan fingerprint density at radius 2 is 1.41 bits per heavy atom. The number of nitro groups is 1. The molecule has 0 bridgehead atoms. The first kappa shape index (κ1) is 26.3. The van der Waals surface area contributed by atoms with Gasteiger partial charge in [-0.25, -0.2) is 13.4 Å². The van der Waals surface area contributed by atoms with Crippen molar-refractivity contribution < 1.29 is 22.8 Å². The van der Waals surface area contributed by atoms with Crippen LogP contribution in [0.5, 0.6) is 11.5 Å². The highest BCUT2D eigenvalue weighted by atomic mass is 32.2. The molecular formula is C24H27N3O6S. The SMILES string of the molecule is CCOc1ccc(N=CN(C)S(=O)(=O)c2ccc([N+](=O)[O-])cc2)cc1.CCOc1ccccc1. The lowest BCUT2D eigenvalue weighted by Gasteiger charge is -2.13. The predicted octanol–water partition coefficient (Wildman–Crippen LogP) is 5.06. The molecule has 3 aromatic carbocycles. The number of ether oxygens (including phenoxy) is 2. The van der Waals surface area contributed by atoms with E-state index in [1.165, 1.54) is 25.5 Å². The van der Waals surface area contributed by atoms with E-state index >= 15 is 0 Å². The van der Waals surface area contributed by atoms with Crippen LogP contribution in [0.15, 0.2) is 88.8 Å². The summed E-state index contributed by atoms with van der Waals surface area (Å²) in [5.74, 6) is 1.65. The summed E-state index contributed by atoms with van der Waals surface area (Å²) in [4.78, 5) is 14.1. The zero-order chi connectivity index (χ0) is 25.0. The van der Waals surface area contributed by atoms with E-state index in [1.807, 2.05) is 44.2 Å². The second-order valence-corrected chi connectivity index (χ2v) is 8.69. The maximum absolute atomic E-state index is 12.4. The Morgan fingerprint density at radius 1 is 0.882 bits per heavy atom. The maximum Gasteiger partial charge on any atom is 0.269 e. The number of benzene rings is 3. The minimum absolute atomic E-state index is 0.0567. The number of aliphatic imine (C=N–C) groups is 1. The van der Waals surface area contributed by atoms with Gasteiger partial charge in [0.15, 0.2) is 0 Å². The summed E-state index contributed by atoms with van der Waals surface area (Å²) in [6.45, 7) is 5.15. The molecule has 0 heterocycles. The number of nitrogens with zero attached hydrogens (tertiary/aromatic N) is 3. The number of hydrogen-bond donors (Lipinski definition) is 0. The summed E-state index contributed by atoms with van der Waals surface area (Å²) in [5.41, 5.74) is 0.388. The molecular weight excluding hydrogens is 458 g/mol. The van der Waals surface area contributed by atoms with Gasteiger partial charge in [0, 0.05) is 19.2 Å². The lowest BCUT2D eigenvalue weighted by atomic mass is 10.3. The third-order valence-corrected chi connectivity index (χ3v) is 6.02. The van der Waals surface area contributed by atoms with Crippen LogP contribution in [0.3, 0.4) is 0 Å². The van der Waals surface area contributed by atoms with Gasteiger partial charge in [-0.15, -0.1) is 0 Å². The summed E-state index contributed by atoms with van der Waals surface area (Å²) in [5, 5.41) is 10.6. The van der Waals surface area contributed by atoms with E-state index in [1.54, 1.807) is 24.3 Å². The van der Waals surface area contributed by atoms with E-state index in [0.29, 0.717) is 18.0 Å². The van der Waals surface area contributed by atoms with Crippen molar-refractivity contribution in [2.75, 3.05) is 20.3 Å². The van der Waals surface area contributed by atoms with Crippen molar-refractivity contribution in [2.45, 2.75) is 18.7 Å². The van der Waals surface area contributed by atoms with Gasteiger partial charge >= 0.3 is 0 Å². The Morgan fingerprint density at radius 3 is 1.91 bits per heavy atom. The minimum Gasteiger partial charge on any atom is -0.494 e. The first-order chi connectivity index (χ1) is 16.3. The fourth-order valence-electron chi connectivity index (χ4n) is 2.59. The quantitative estimate of drug-likeness (QED) is 0.181. The number of nitro benzene ring substituents is 1. The molecule has 9 nitrogen and oxygen atoms in total. The molecule has 0 aliphatic carbocycles. The van der Waals surface area contributed by atoms with E-state index in [9.17, 15) is 18.5 Å². The molecule has 0 saturated heterocycles. The third kappa shape index (κ3) is 7.89. The molecule has 180 valence electrons. The Kier molecular flexibility index (Phi) is 10.0. The Balaban J connectivity index is 0.000000379. The van der Waals surface area contributed by atoms with Gasteiger partial charge in [-0.05, 0) is 62.4 Å². The molecule has 3 aromatic rings. The largest absolute Gasteiger partial charge is 0.494 e. The molecule has 0 fully saturated rings. The molecule has 0 aliphatic heterocycles. The smallest absolute Gasteiger partial charge is 0.269 e. The van der Waals surface area contributed by atoms with E-state index in [2.05, 4.69) is 4.99 Å². The summed E-state index contributed by atoms with van der Waals surface area (Å²) in [6, 6.07) is 21.3. The molecule has 0 atom stereocenters. The highest BCUT2D eigenvalue weighted by Crippen LogP contribution is 2.20. The van der Waals surface area contributed by atoms with Gasteiger partial charge in [0.2, 0.25) is 0 Å². The average molecular weight is 486 g/mol. The van der Waals surface area contributed by atoms with E-state index < -0.39 is 14.9 Å². The lowest BCUT2D eigenvalue weighted by Crippen LogP contribution is -2.25. The molecule has 0 amide bonds. The first-order valence-corrected chi connectivity index (χ1v) is 11.9. The number of rotatable bonds is 9. The van der Waals surface area contributed by atoms with Crippen LogP contribution in [0.1, 0.15) is 13.8 Å². The van der Waals surface area contributed by atoms with Crippen LogP contribution in [0.25, 0.3) is 0 Å². The van der Waals surface area contributed by atoms with E-state index in [0.717, 1.165) is 28.8 Å². The molecule has 3 rings (SSSR count). The molecule has 0 aliphatic rings. The van der Waals surface area contributed by atoms with Gasteiger partial charge in [-0.3, -0.25) is 14.4 Å². The van der Waals surface area contributed by atoms with Crippen LogP contribution in [-0.2, 0) is 10.0 Å². The summed E-state index contributed by atoms with van der Waals surface area (Å²) >= 11 is 0. The average Bonchev–Trinajstić information content (AvgIpc) is 2.85. The fourth-order valence-corrected chi connectivity index (χ4v) is 3.58. The number of hydrogen-bond acceptors (Lipinski definition) is 7. The van der Waals surface area contributed by atoms with Crippen LogP contribution in [0.4, 0.5) is 11.4 Å². The van der Waals surface area contributed by atoms with Crippen molar-refractivity contribution in [3.05, 3.63) is 89.0 Å². The molecule has 0 unspecified atom stereocenters. The normalized spacial score (nSPS) is 10.8. The van der Waals surface area contributed by atoms with Gasteiger partial charge in [-0.1, -0.05) is 18.2 Å². The standard InChI is InChI=1S/C16H17N3O5S.C8H10O/c1-3-24-15-8-4-13(5-9-15)17-12-18(2)25(22,23)16-10-6-14(7-11-16)19(20)21;1-2-9-8-6-4-3-5-7-8/h4-12H,3H2,1-2H3;3-7H,2H2,1H3. The van der Waals surface area contributed by atoms with Gasteiger partial charge in [0.25, 0.3) is 15.7 Å². The lowest BCUT2D eigenvalue weighted by molar-refractivity contribution is -0.384. The highest BCUT2D eigenvalue weighted by Gasteiger charge is 2.19. The molecule has 0 saturated carbocycles. The monoisotopic (exact) mass is 485 g/mol. The van der Waals surface area contributed by atoms with Crippen molar-refractivity contribution in [1.82, 2.24) is 4.31 Å². The molecule has 0 aromatic heterocycles. The van der Waals surface area contributed by atoms with E-state index in [4.69, 9.17) is 9.47 Å². The molecule has 10 heteroatoms. The molecule has 0 spiro atoms. The number of para-hydroxylation sites is 1. The van der Waals surface area contributed by atoms with Crippen molar-refractivity contribution in [2.24, 2.45) is 4.99 Å². The van der Waals surface area contributed by atoms with Crippen molar-refractivity contribution in [3.8, 4) is 11.5 Å². The second kappa shape index (κ2) is 12.9. The highest BCUT2D eigenvalue weighted by molar-refractivity contribution is 7.89. The Bertz CT molecular complexity index is 1170. The van der Waals surface area contributed by atoms with Crippen molar-refractivity contribution in [1.29, 1.82) is 0 Å². The zero-order valence-corrected chi connectivity index (χ0v) is 20.0. The van der Waals surface area contributed by atoms with Crippen LogP contribution < -0.4 is 9.47 Å². The fraction of sp³-hybridized carbons (Fsp3) is 0.208. The van der Waals surface area contributed by atoms with Crippen LogP contribution in [0.2, 0.25) is 0 Å². The molecule has 0 N–H and O–H groups in total. The summed E-state index contributed by atoms with van der Waals surface area (Å²) in [7, 11) is -2.49. The first-order valence-electron chi connectivity index (χ1n) is 10.4. The predicted molar refractivity (Wildman–Crippen MR) is 131 cm³/mol. The maximum atomic E-state index is 12.4. The number of sulfonamides is 1. The molecule has 0 radical (unpaired) electrons. The van der Waals surface area contributed by atoms with Crippen LogP contribution in [0, 0.1) is 10.1 Å². The zero-order valence-electron chi connectivity index (χ0n) is 19.2. The Labute approximate surface area is 199 Å². The Hall–Kier alpha value is -3.92. The summed E-state index contributed by atoms with van der Waals surface area (Å²) in [6.07, 6.45) is 1.17. The van der Waals surface area contributed by atoms with E-state index in [-0.39, 0.29) is 10.6 Å².